The molecule has 5 nitrogen and oxygen atoms in total. The van der Waals surface area contributed by atoms with Crippen LogP contribution >= 0.6 is 0 Å². The summed E-state index contributed by atoms with van der Waals surface area (Å²) in [5.41, 5.74) is 1.21. The minimum atomic E-state index is -0.412. The van der Waals surface area contributed by atoms with E-state index >= 15 is 0 Å². The average molecular weight is 309 g/mol. The Labute approximate surface area is 134 Å². The summed E-state index contributed by atoms with van der Waals surface area (Å²) in [6.45, 7) is 3.25. The Kier molecular flexibility index (Phi) is 3.29. The highest BCUT2D eigenvalue weighted by Gasteiger charge is 2.42. The van der Waals surface area contributed by atoms with Crippen LogP contribution in [0.2, 0.25) is 0 Å². The van der Waals surface area contributed by atoms with Crippen LogP contribution in [0.3, 0.4) is 0 Å². The molecule has 2 aliphatic rings. The normalized spacial score (nSPS) is 24.1. The van der Waals surface area contributed by atoms with Crippen LogP contribution in [0.15, 0.2) is 36.4 Å². The summed E-state index contributed by atoms with van der Waals surface area (Å²) < 4.78 is 0. The van der Waals surface area contributed by atoms with Gasteiger partial charge in [0.1, 0.15) is 11.7 Å². The van der Waals surface area contributed by atoms with Gasteiger partial charge in [0.15, 0.2) is 0 Å². The molecular formula is C18H19N3O2. The fourth-order valence-corrected chi connectivity index (χ4v) is 3.67. The van der Waals surface area contributed by atoms with Crippen LogP contribution in [0.1, 0.15) is 30.3 Å². The lowest BCUT2D eigenvalue weighted by Crippen LogP contribution is -2.60. The third-order valence-electron chi connectivity index (χ3n) is 4.97. The van der Waals surface area contributed by atoms with Crippen LogP contribution in [-0.4, -0.2) is 51.8 Å². The van der Waals surface area contributed by atoms with Crippen molar-refractivity contribution in [2.45, 2.75) is 31.8 Å². The second-order valence-electron chi connectivity index (χ2n) is 6.35. The van der Waals surface area contributed by atoms with E-state index in [0.717, 1.165) is 30.3 Å². The lowest BCUT2D eigenvalue weighted by Gasteiger charge is -2.41. The van der Waals surface area contributed by atoms with Crippen LogP contribution in [0, 0.1) is 0 Å². The number of carbonyl (C=O) groups is 2. The van der Waals surface area contributed by atoms with E-state index in [0.29, 0.717) is 12.2 Å². The first-order valence-corrected chi connectivity index (χ1v) is 8.12. The van der Waals surface area contributed by atoms with Gasteiger partial charge in [0.05, 0.1) is 5.52 Å². The maximum absolute atomic E-state index is 12.9. The van der Waals surface area contributed by atoms with Crippen molar-refractivity contribution >= 4 is 22.7 Å². The number of fused-ring (bicyclic) bond motifs is 2. The molecule has 1 aromatic heterocycles. The van der Waals surface area contributed by atoms with Gasteiger partial charge in [-0.15, -0.1) is 0 Å². The van der Waals surface area contributed by atoms with Crippen LogP contribution in [0.25, 0.3) is 10.9 Å². The lowest BCUT2D eigenvalue weighted by atomic mass is 10.1. The molecular weight excluding hydrogens is 290 g/mol. The van der Waals surface area contributed by atoms with E-state index in [1.165, 1.54) is 0 Å². The Bertz CT molecular complexity index is 789. The minimum absolute atomic E-state index is 0.0629. The zero-order valence-electron chi connectivity index (χ0n) is 13.1. The summed E-state index contributed by atoms with van der Waals surface area (Å²) in [4.78, 5) is 33.5. The Balaban J connectivity index is 1.65. The van der Waals surface area contributed by atoms with Gasteiger partial charge in [-0.3, -0.25) is 9.59 Å². The molecule has 4 rings (SSSR count). The standard InChI is InChI=1S/C18H19N3O2/c1-12-17(22)20-10-4-6-14(20)11-21(12)18(23)16-9-8-13-5-2-3-7-15(13)19-16/h2-3,5,7-9,12,14H,4,6,10-11H2,1H3/t12-,14-/m1/s1. The van der Waals surface area contributed by atoms with Gasteiger partial charge in [-0.2, -0.15) is 0 Å². The number of benzene rings is 1. The highest BCUT2D eigenvalue weighted by molar-refractivity contribution is 5.98. The number of hydrogen-bond acceptors (Lipinski definition) is 3. The van der Waals surface area contributed by atoms with Crippen LogP contribution in [0.5, 0.6) is 0 Å². The zero-order valence-corrected chi connectivity index (χ0v) is 13.1. The summed E-state index contributed by atoms with van der Waals surface area (Å²) in [6.07, 6.45) is 2.01. The number of carbonyl (C=O) groups excluding carboxylic acids is 2. The van der Waals surface area contributed by atoms with Gasteiger partial charge >= 0.3 is 0 Å². The van der Waals surface area contributed by atoms with Crippen molar-refractivity contribution < 1.29 is 9.59 Å². The SMILES string of the molecule is C[C@@H]1C(=O)N2CCC[C@@H]2CN1C(=O)c1ccc2ccccc2n1. The van der Waals surface area contributed by atoms with Gasteiger partial charge in [0.2, 0.25) is 5.91 Å². The molecule has 2 fully saturated rings. The first-order chi connectivity index (χ1) is 11.1. The maximum Gasteiger partial charge on any atom is 0.273 e. The molecule has 0 spiro atoms. The number of hydrogen-bond donors (Lipinski definition) is 0. The first kappa shape index (κ1) is 14.2. The van der Waals surface area contributed by atoms with Crippen LogP contribution < -0.4 is 0 Å². The summed E-state index contributed by atoms with van der Waals surface area (Å²) in [7, 11) is 0. The number of pyridine rings is 1. The number of amides is 2. The van der Waals surface area contributed by atoms with E-state index in [4.69, 9.17) is 0 Å². The lowest BCUT2D eigenvalue weighted by molar-refractivity contribution is -0.141. The third kappa shape index (κ3) is 2.27. The molecule has 0 aliphatic carbocycles. The number of para-hydroxylation sites is 1. The molecule has 0 radical (unpaired) electrons. The Morgan fingerprint density at radius 2 is 2.04 bits per heavy atom. The van der Waals surface area contributed by atoms with Crippen molar-refractivity contribution in [3.05, 3.63) is 42.1 Å². The van der Waals surface area contributed by atoms with Crippen molar-refractivity contribution in [2.24, 2.45) is 0 Å². The third-order valence-corrected chi connectivity index (χ3v) is 4.97. The highest BCUT2D eigenvalue weighted by Crippen LogP contribution is 2.26. The molecule has 1 aromatic carbocycles. The van der Waals surface area contributed by atoms with Gasteiger partial charge in [0, 0.05) is 24.5 Å². The first-order valence-electron chi connectivity index (χ1n) is 8.12. The molecule has 0 unspecified atom stereocenters. The van der Waals surface area contributed by atoms with E-state index in [-0.39, 0.29) is 17.9 Å². The molecule has 2 atom stereocenters. The quantitative estimate of drug-likeness (QED) is 0.810. The fourth-order valence-electron chi connectivity index (χ4n) is 3.67. The maximum atomic E-state index is 12.9. The van der Waals surface area contributed by atoms with E-state index in [9.17, 15) is 9.59 Å². The van der Waals surface area contributed by atoms with Gasteiger partial charge in [0.25, 0.3) is 5.91 Å². The molecule has 2 aliphatic heterocycles. The van der Waals surface area contributed by atoms with Crippen molar-refractivity contribution in [3.8, 4) is 0 Å². The molecule has 0 N–H and O–H groups in total. The Hall–Kier alpha value is -2.43. The molecule has 0 saturated carbocycles. The number of piperazine rings is 1. The molecule has 23 heavy (non-hydrogen) atoms. The van der Waals surface area contributed by atoms with Gasteiger partial charge in [-0.05, 0) is 31.9 Å². The predicted molar refractivity (Wildman–Crippen MR) is 87.0 cm³/mol. The summed E-state index contributed by atoms with van der Waals surface area (Å²) >= 11 is 0. The van der Waals surface area contributed by atoms with Crippen LogP contribution in [-0.2, 0) is 4.79 Å². The number of rotatable bonds is 1. The van der Waals surface area contributed by atoms with E-state index < -0.39 is 6.04 Å². The number of aromatic nitrogens is 1. The summed E-state index contributed by atoms with van der Waals surface area (Å²) in [5, 5.41) is 1.01. The largest absolute Gasteiger partial charge is 0.336 e. The monoisotopic (exact) mass is 309 g/mol. The van der Waals surface area contributed by atoms with Gasteiger partial charge in [-0.1, -0.05) is 24.3 Å². The molecule has 2 amide bonds. The second-order valence-corrected chi connectivity index (χ2v) is 6.35. The van der Waals surface area contributed by atoms with Crippen molar-refractivity contribution in [1.82, 2.24) is 14.8 Å². The highest BCUT2D eigenvalue weighted by atomic mass is 16.2. The molecule has 0 bridgehead atoms. The molecule has 118 valence electrons. The van der Waals surface area contributed by atoms with Crippen LogP contribution in [0.4, 0.5) is 0 Å². The van der Waals surface area contributed by atoms with Crippen molar-refractivity contribution in [1.29, 1.82) is 0 Å². The topological polar surface area (TPSA) is 53.5 Å². The van der Waals surface area contributed by atoms with E-state index in [2.05, 4.69) is 4.98 Å². The molecule has 2 saturated heterocycles. The summed E-state index contributed by atoms with van der Waals surface area (Å²) in [5.74, 6) is -0.0870. The zero-order chi connectivity index (χ0) is 16.0. The Morgan fingerprint density at radius 3 is 2.91 bits per heavy atom. The van der Waals surface area contributed by atoms with Gasteiger partial charge < -0.3 is 9.80 Å². The second kappa shape index (κ2) is 5.33. The van der Waals surface area contributed by atoms with Gasteiger partial charge in [-0.25, -0.2) is 4.98 Å². The smallest absolute Gasteiger partial charge is 0.273 e. The van der Waals surface area contributed by atoms with E-state index in [1.54, 1.807) is 11.0 Å². The van der Waals surface area contributed by atoms with Crippen molar-refractivity contribution in [3.63, 3.8) is 0 Å². The Morgan fingerprint density at radius 1 is 1.22 bits per heavy atom. The fraction of sp³-hybridized carbons (Fsp3) is 0.389. The van der Waals surface area contributed by atoms with Crippen molar-refractivity contribution in [2.75, 3.05) is 13.1 Å². The molecule has 5 heteroatoms. The predicted octanol–water partition coefficient (Wildman–Crippen LogP) is 2.07. The number of nitrogens with zero attached hydrogens (tertiary/aromatic N) is 3. The molecule has 2 aromatic rings. The molecule has 3 heterocycles. The van der Waals surface area contributed by atoms with E-state index in [1.807, 2.05) is 42.2 Å². The summed E-state index contributed by atoms with van der Waals surface area (Å²) in [6, 6.07) is 11.2. The average Bonchev–Trinajstić information content (AvgIpc) is 3.06. The minimum Gasteiger partial charge on any atom is -0.336 e.